The third kappa shape index (κ3) is 3.53. The monoisotopic (exact) mass is 201 g/mol. The molecule has 1 aliphatic heterocycles. The summed E-state index contributed by atoms with van der Waals surface area (Å²) in [6.07, 6.45) is 0. The fraction of sp³-hybridized carbons (Fsp3) is 1.00. The maximum Gasteiger partial charge on any atom is 0.0599 e. The quantitative estimate of drug-likeness (QED) is 0.636. The van der Waals surface area contributed by atoms with Gasteiger partial charge in [-0.1, -0.05) is 0 Å². The molecule has 1 aliphatic rings. The fourth-order valence-electron chi connectivity index (χ4n) is 1.93. The van der Waals surface area contributed by atoms with Crippen molar-refractivity contribution in [1.29, 1.82) is 0 Å². The molecular weight excluding hydrogens is 178 g/mol. The molecule has 4 heteroatoms. The van der Waals surface area contributed by atoms with Gasteiger partial charge in [-0.2, -0.15) is 0 Å². The van der Waals surface area contributed by atoms with E-state index in [4.69, 9.17) is 5.73 Å². The van der Waals surface area contributed by atoms with Gasteiger partial charge in [0.05, 0.1) is 6.61 Å². The predicted molar refractivity (Wildman–Crippen MR) is 58.2 cm³/mol. The summed E-state index contributed by atoms with van der Waals surface area (Å²) >= 11 is 0. The van der Waals surface area contributed by atoms with E-state index in [2.05, 4.69) is 16.8 Å². The van der Waals surface area contributed by atoms with E-state index in [9.17, 15) is 5.11 Å². The lowest BCUT2D eigenvalue weighted by molar-refractivity contribution is 0.0494. The number of likely N-dealkylation sites (N-methyl/N-ethyl adjacent to an activating group) is 1. The van der Waals surface area contributed by atoms with Gasteiger partial charge in [-0.15, -0.1) is 0 Å². The number of hydrogen-bond donors (Lipinski definition) is 2. The van der Waals surface area contributed by atoms with Gasteiger partial charge in [-0.05, 0) is 20.9 Å². The molecule has 1 unspecified atom stereocenters. The maximum atomic E-state index is 9.18. The second kappa shape index (κ2) is 4.57. The van der Waals surface area contributed by atoms with Crippen LogP contribution in [0, 0.1) is 0 Å². The van der Waals surface area contributed by atoms with Crippen LogP contribution in [0.1, 0.15) is 13.8 Å². The Bertz CT molecular complexity index is 179. The summed E-state index contributed by atoms with van der Waals surface area (Å²) in [6, 6.07) is 0.270. The average Bonchev–Trinajstić information content (AvgIpc) is 2.06. The largest absolute Gasteiger partial charge is 0.395 e. The molecule has 1 heterocycles. The van der Waals surface area contributed by atoms with Crippen LogP contribution in [0.2, 0.25) is 0 Å². The Morgan fingerprint density at radius 2 is 2.07 bits per heavy atom. The van der Waals surface area contributed by atoms with Crippen molar-refractivity contribution in [3.63, 3.8) is 0 Å². The molecule has 4 nitrogen and oxygen atoms in total. The summed E-state index contributed by atoms with van der Waals surface area (Å²) in [6.45, 7) is 8.20. The predicted octanol–water partition coefficient (Wildman–Crippen LogP) is -0.668. The highest BCUT2D eigenvalue weighted by Crippen LogP contribution is 2.10. The van der Waals surface area contributed by atoms with Crippen LogP contribution in [0.4, 0.5) is 0 Å². The Morgan fingerprint density at radius 3 is 2.57 bits per heavy atom. The first kappa shape index (κ1) is 11.9. The van der Waals surface area contributed by atoms with Crippen LogP contribution >= 0.6 is 0 Å². The van der Waals surface area contributed by atoms with Gasteiger partial charge < -0.3 is 10.8 Å². The summed E-state index contributed by atoms with van der Waals surface area (Å²) < 4.78 is 0. The number of piperazine rings is 1. The van der Waals surface area contributed by atoms with E-state index in [1.165, 1.54) is 0 Å². The molecule has 1 rings (SSSR count). The first-order valence-corrected chi connectivity index (χ1v) is 5.25. The Hall–Kier alpha value is -0.160. The number of nitrogens with two attached hydrogens (primary N) is 1. The van der Waals surface area contributed by atoms with E-state index in [-0.39, 0.29) is 18.2 Å². The van der Waals surface area contributed by atoms with E-state index in [1.54, 1.807) is 0 Å². The molecule has 0 aromatic rings. The normalized spacial score (nSPS) is 26.8. The van der Waals surface area contributed by atoms with Crippen molar-refractivity contribution in [2.75, 3.05) is 39.8 Å². The van der Waals surface area contributed by atoms with Gasteiger partial charge in [0.2, 0.25) is 0 Å². The molecule has 0 spiro atoms. The van der Waals surface area contributed by atoms with Gasteiger partial charge in [-0.3, -0.25) is 9.80 Å². The van der Waals surface area contributed by atoms with Crippen LogP contribution in [-0.4, -0.2) is 66.3 Å². The Balaban J connectivity index is 2.43. The molecule has 0 aliphatic carbocycles. The third-order valence-electron chi connectivity index (χ3n) is 2.70. The highest BCUT2D eigenvalue weighted by atomic mass is 16.3. The lowest BCUT2D eigenvalue weighted by Crippen LogP contribution is -2.57. The molecule has 0 aromatic heterocycles. The Labute approximate surface area is 86.7 Å². The number of aliphatic hydroxyl groups is 1. The van der Waals surface area contributed by atoms with Gasteiger partial charge in [-0.25, -0.2) is 0 Å². The van der Waals surface area contributed by atoms with Gasteiger partial charge in [0, 0.05) is 37.8 Å². The van der Waals surface area contributed by atoms with Crippen LogP contribution in [0.3, 0.4) is 0 Å². The van der Waals surface area contributed by atoms with Crippen LogP contribution < -0.4 is 5.73 Å². The SMILES string of the molecule is CN1CCN(CC(C)(C)N)CC1CO. The van der Waals surface area contributed by atoms with Gasteiger partial charge >= 0.3 is 0 Å². The highest BCUT2D eigenvalue weighted by Gasteiger charge is 2.26. The van der Waals surface area contributed by atoms with Crippen molar-refractivity contribution in [2.45, 2.75) is 25.4 Å². The van der Waals surface area contributed by atoms with Crippen molar-refractivity contribution in [3.05, 3.63) is 0 Å². The van der Waals surface area contributed by atoms with Crippen LogP contribution in [0.15, 0.2) is 0 Å². The smallest absolute Gasteiger partial charge is 0.0599 e. The lowest BCUT2D eigenvalue weighted by atomic mass is 10.1. The standard InChI is InChI=1S/C10H23N3O/c1-10(2,11)8-13-5-4-12(3)9(6-13)7-14/h9,14H,4-8,11H2,1-3H3. The Morgan fingerprint density at radius 1 is 1.43 bits per heavy atom. The van der Waals surface area contributed by atoms with Gasteiger partial charge in [0.25, 0.3) is 0 Å². The highest BCUT2D eigenvalue weighted by molar-refractivity contribution is 4.84. The second-order valence-electron chi connectivity index (χ2n) is 5.04. The molecule has 14 heavy (non-hydrogen) atoms. The van der Waals surface area contributed by atoms with Crippen molar-refractivity contribution in [2.24, 2.45) is 5.73 Å². The molecule has 0 aromatic carbocycles. The molecule has 0 radical (unpaired) electrons. The van der Waals surface area contributed by atoms with Crippen LogP contribution in [-0.2, 0) is 0 Å². The molecule has 3 N–H and O–H groups in total. The van der Waals surface area contributed by atoms with Crippen LogP contribution in [0.25, 0.3) is 0 Å². The minimum absolute atomic E-state index is 0.143. The minimum atomic E-state index is -0.143. The molecular formula is C10H23N3O. The van der Waals surface area contributed by atoms with Crippen molar-refractivity contribution in [1.82, 2.24) is 9.80 Å². The zero-order chi connectivity index (χ0) is 10.8. The number of nitrogens with zero attached hydrogens (tertiary/aromatic N) is 2. The van der Waals surface area contributed by atoms with Gasteiger partial charge in [0.15, 0.2) is 0 Å². The maximum absolute atomic E-state index is 9.18. The molecule has 1 atom stereocenters. The van der Waals surface area contributed by atoms with E-state index < -0.39 is 0 Å². The summed E-state index contributed by atoms with van der Waals surface area (Å²) in [5.41, 5.74) is 5.83. The molecule has 1 fully saturated rings. The molecule has 0 bridgehead atoms. The van der Waals surface area contributed by atoms with Crippen molar-refractivity contribution >= 4 is 0 Å². The van der Waals surface area contributed by atoms with Gasteiger partial charge in [0.1, 0.15) is 0 Å². The van der Waals surface area contributed by atoms with Crippen molar-refractivity contribution < 1.29 is 5.11 Å². The summed E-state index contributed by atoms with van der Waals surface area (Å²) in [5.74, 6) is 0. The average molecular weight is 201 g/mol. The molecule has 1 saturated heterocycles. The van der Waals surface area contributed by atoms with E-state index in [0.29, 0.717) is 0 Å². The molecule has 0 saturated carbocycles. The van der Waals surface area contributed by atoms with Crippen molar-refractivity contribution in [3.8, 4) is 0 Å². The number of aliphatic hydroxyl groups excluding tert-OH is 1. The molecule has 84 valence electrons. The zero-order valence-electron chi connectivity index (χ0n) is 9.53. The summed E-state index contributed by atoms with van der Waals surface area (Å²) in [7, 11) is 2.06. The van der Waals surface area contributed by atoms with Crippen LogP contribution in [0.5, 0.6) is 0 Å². The number of hydrogen-bond acceptors (Lipinski definition) is 4. The second-order valence-corrected chi connectivity index (χ2v) is 5.04. The van der Waals surface area contributed by atoms with E-state index >= 15 is 0 Å². The third-order valence-corrected chi connectivity index (χ3v) is 2.70. The zero-order valence-corrected chi connectivity index (χ0v) is 9.53. The Kier molecular flexibility index (Phi) is 3.89. The number of rotatable bonds is 3. The fourth-order valence-corrected chi connectivity index (χ4v) is 1.93. The molecule has 0 amide bonds. The van der Waals surface area contributed by atoms with E-state index in [0.717, 1.165) is 26.2 Å². The summed E-state index contributed by atoms with van der Waals surface area (Å²) in [4.78, 5) is 4.54. The first-order valence-electron chi connectivity index (χ1n) is 5.25. The first-order chi connectivity index (χ1) is 6.42. The lowest BCUT2D eigenvalue weighted by Gasteiger charge is -2.40. The topological polar surface area (TPSA) is 52.7 Å². The summed E-state index contributed by atoms with van der Waals surface area (Å²) in [5, 5.41) is 9.18. The van der Waals surface area contributed by atoms with E-state index in [1.807, 2.05) is 13.8 Å². The minimum Gasteiger partial charge on any atom is -0.395 e.